The summed E-state index contributed by atoms with van der Waals surface area (Å²) >= 11 is 1.46. The van der Waals surface area contributed by atoms with Gasteiger partial charge in [0.2, 0.25) is 0 Å². The van der Waals surface area contributed by atoms with Crippen molar-refractivity contribution in [1.29, 1.82) is 0 Å². The van der Waals surface area contributed by atoms with Gasteiger partial charge in [-0.25, -0.2) is 9.97 Å². The Hall–Kier alpha value is -1.14. The minimum Gasteiger partial charge on any atom is -0.465 e. The number of thioether (sulfide) groups is 1. The molecule has 1 rings (SSSR count). The van der Waals surface area contributed by atoms with Crippen molar-refractivity contribution in [2.75, 3.05) is 19.4 Å². The molecule has 1 aromatic rings. The zero-order valence-electron chi connectivity index (χ0n) is 12.1. The normalized spacial score (nSPS) is 12.3. The van der Waals surface area contributed by atoms with Crippen LogP contribution in [0.25, 0.3) is 0 Å². The van der Waals surface area contributed by atoms with Crippen LogP contribution in [-0.4, -0.2) is 41.4 Å². The summed E-state index contributed by atoms with van der Waals surface area (Å²) in [5.74, 6) is 0.315. The molecule has 5 nitrogen and oxygen atoms in total. The van der Waals surface area contributed by atoms with Crippen LogP contribution in [0.4, 0.5) is 0 Å². The number of nitrogens with zero attached hydrogens (tertiary/aromatic N) is 2. The molecule has 1 atom stereocenters. The smallest absolute Gasteiger partial charge is 0.323 e. The Bertz CT molecular complexity index is 429. The highest BCUT2D eigenvalue weighted by Gasteiger charge is 2.18. The number of ether oxygens (including phenoxy) is 1. The number of aromatic nitrogens is 2. The summed E-state index contributed by atoms with van der Waals surface area (Å²) in [5.41, 5.74) is 3.07. The van der Waals surface area contributed by atoms with Crippen molar-refractivity contribution in [2.45, 2.75) is 38.9 Å². The summed E-state index contributed by atoms with van der Waals surface area (Å²) in [4.78, 5) is 20.5. The number of aryl methyl sites for hydroxylation is 2. The maximum Gasteiger partial charge on any atom is 0.323 e. The van der Waals surface area contributed by atoms with Crippen molar-refractivity contribution >= 4 is 17.7 Å². The van der Waals surface area contributed by atoms with Gasteiger partial charge in [0.1, 0.15) is 6.04 Å². The van der Waals surface area contributed by atoms with Gasteiger partial charge in [0.25, 0.3) is 0 Å². The van der Waals surface area contributed by atoms with Gasteiger partial charge in [-0.05, 0) is 40.3 Å². The molecule has 19 heavy (non-hydrogen) atoms. The molecule has 106 valence electrons. The number of rotatable bonds is 6. The lowest BCUT2D eigenvalue weighted by Gasteiger charge is -2.14. The largest absolute Gasteiger partial charge is 0.465 e. The zero-order valence-corrected chi connectivity index (χ0v) is 12.9. The predicted octanol–water partition coefficient (Wildman–Crippen LogP) is 1.65. The molecular formula is C13H21N3O2S. The molecule has 0 spiro atoms. The second-order valence-corrected chi connectivity index (χ2v) is 5.19. The van der Waals surface area contributed by atoms with Gasteiger partial charge in [0, 0.05) is 17.1 Å². The Kier molecular flexibility index (Phi) is 6.24. The Morgan fingerprint density at radius 1 is 1.32 bits per heavy atom. The first-order valence-corrected chi connectivity index (χ1v) is 7.26. The molecule has 0 fully saturated rings. The molecule has 1 unspecified atom stereocenters. The van der Waals surface area contributed by atoms with Crippen LogP contribution in [0.2, 0.25) is 0 Å². The average molecular weight is 283 g/mol. The number of hydrogen-bond acceptors (Lipinski definition) is 6. The number of carbonyl (C=O) groups excluding carboxylic acids is 1. The molecule has 0 saturated heterocycles. The lowest BCUT2D eigenvalue weighted by molar-refractivity contribution is -0.144. The first kappa shape index (κ1) is 15.9. The second-order valence-electron chi connectivity index (χ2n) is 4.21. The third-order valence-corrected chi connectivity index (χ3v) is 3.85. The van der Waals surface area contributed by atoms with Crippen LogP contribution in [0.15, 0.2) is 5.16 Å². The summed E-state index contributed by atoms with van der Waals surface area (Å²) < 4.78 is 4.99. The number of hydrogen-bond donors (Lipinski definition) is 1. The van der Waals surface area contributed by atoms with Gasteiger partial charge in [0.15, 0.2) is 5.16 Å². The molecule has 0 aliphatic rings. The Labute approximate surface area is 118 Å². The van der Waals surface area contributed by atoms with Crippen molar-refractivity contribution in [2.24, 2.45) is 0 Å². The molecule has 0 aliphatic carbocycles. The Morgan fingerprint density at radius 2 is 1.89 bits per heavy atom. The minimum absolute atomic E-state index is 0.238. The molecule has 0 amide bonds. The van der Waals surface area contributed by atoms with Gasteiger partial charge in [-0.3, -0.25) is 4.79 Å². The van der Waals surface area contributed by atoms with Crippen LogP contribution < -0.4 is 5.32 Å². The predicted molar refractivity (Wildman–Crippen MR) is 76.4 cm³/mol. The molecule has 0 bridgehead atoms. The van der Waals surface area contributed by atoms with E-state index < -0.39 is 0 Å². The monoisotopic (exact) mass is 283 g/mol. The molecule has 0 aromatic carbocycles. The summed E-state index contributed by atoms with van der Waals surface area (Å²) in [7, 11) is 1.74. The van der Waals surface area contributed by atoms with E-state index in [9.17, 15) is 4.79 Å². The highest BCUT2D eigenvalue weighted by atomic mass is 32.2. The fourth-order valence-electron chi connectivity index (χ4n) is 1.48. The highest BCUT2D eigenvalue weighted by molar-refractivity contribution is 7.99. The molecule has 0 saturated carbocycles. The average Bonchev–Trinajstić information content (AvgIpc) is 2.37. The van der Waals surface area contributed by atoms with E-state index in [2.05, 4.69) is 15.3 Å². The van der Waals surface area contributed by atoms with Crippen molar-refractivity contribution in [1.82, 2.24) is 15.3 Å². The maximum absolute atomic E-state index is 11.6. The van der Waals surface area contributed by atoms with Crippen LogP contribution in [0, 0.1) is 20.8 Å². The number of carbonyl (C=O) groups is 1. The second kappa shape index (κ2) is 7.45. The number of likely N-dealkylation sites (N-methyl/N-ethyl adjacent to an activating group) is 1. The fraction of sp³-hybridized carbons (Fsp3) is 0.615. The van der Waals surface area contributed by atoms with Crippen molar-refractivity contribution in [3.63, 3.8) is 0 Å². The van der Waals surface area contributed by atoms with Crippen LogP contribution >= 0.6 is 11.8 Å². The Morgan fingerprint density at radius 3 is 2.37 bits per heavy atom. The number of nitrogens with one attached hydrogen (secondary N) is 1. The maximum atomic E-state index is 11.6. The molecular weight excluding hydrogens is 262 g/mol. The van der Waals surface area contributed by atoms with E-state index in [1.165, 1.54) is 11.8 Å². The summed E-state index contributed by atoms with van der Waals surface area (Å²) in [6.45, 7) is 8.13. The van der Waals surface area contributed by atoms with Gasteiger partial charge < -0.3 is 10.1 Å². The van der Waals surface area contributed by atoms with Crippen LogP contribution in [-0.2, 0) is 9.53 Å². The third kappa shape index (κ3) is 4.47. The van der Waals surface area contributed by atoms with Gasteiger partial charge in [0.05, 0.1) is 6.61 Å². The van der Waals surface area contributed by atoms with Crippen LogP contribution in [0.1, 0.15) is 23.9 Å². The van der Waals surface area contributed by atoms with E-state index in [0.29, 0.717) is 17.5 Å². The molecule has 0 radical (unpaired) electrons. The van der Waals surface area contributed by atoms with E-state index >= 15 is 0 Å². The van der Waals surface area contributed by atoms with Crippen molar-refractivity contribution in [3.8, 4) is 0 Å². The fourth-order valence-corrected chi connectivity index (χ4v) is 2.50. The lowest BCUT2D eigenvalue weighted by atomic mass is 10.2. The highest BCUT2D eigenvalue weighted by Crippen LogP contribution is 2.18. The third-order valence-electron chi connectivity index (χ3n) is 2.91. The zero-order chi connectivity index (χ0) is 14.4. The van der Waals surface area contributed by atoms with E-state index in [4.69, 9.17) is 4.74 Å². The van der Waals surface area contributed by atoms with Gasteiger partial charge in [-0.1, -0.05) is 11.8 Å². The van der Waals surface area contributed by atoms with Gasteiger partial charge in [-0.15, -0.1) is 0 Å². The van der Waals surface area contributed by atoms with Crippen LogP contribution in [0.5, 0.6) is 0 Å². The topological polar surface area (TPSA) is 64.1 Å². The summed E-state index contributed by atoms with van der Waals surface area (Å²) in [5, 5.41) is 3.65. The van der Waals surface area contributed by atoms with Crippen molar-refractivity contribution in [3.05, 3.63) is 17.0 Å². The van der Waals surface area contributed by atoms with E-state index in [1.807, 2.05) is 20.8 Å². The quantitative estimate of drug-likeness (QED) is 0.486. The summed E-state index contributed by atoms with van der Waals surface area (Å²) in [6.07, 6.45) is 0. The molecule has 1 aromatic heterocycles. The lowest BCUT2D eigenvalue weighted by Crippen LogP contribution is -2.37. The van der Waals surface area contributed by atoms with E-state index in [0.717, 1.165) is 17.0 Å². The molecule has 1 heterocycles. The van der Waals surface area contributed by atoms with Crippen LogP contribution in [0.3, 0.4) is 0 Å². The van der Waals surface area contributed by atoms with Gasteiger partial charge in [-0.2, -0.15) is 0 Å². The SMILES string of the molecule is CCOC(=O)C(CSc1nc(C)c(C)c(C)n1)NC. The Balaban J connectivity index is 2.67. The minimum atomic E-state index is -0.338. The van der Waals surface area contributed by atoms with Crippen molar-refractivity contribution < 1.29 is 9.53 Å². The molecule has 6 heteroatoms. The molecule has 1 N–H and O–H groups in total. The van der Waals surface area contributed by atoms with Gasteiger partial charge >= 0.3 is 5.97 Å². The standard InChI is InChI=1S/C13H21N3O2S/c1-6-18-12(17)11(14-5)7-19-13-15-9(3)8(2)10(4)16-13/h11,14H,6-7H2,1-5H3. The number of esters is 1. The molecule has 0 aliphatic heterocycles. The van der Waals surface area contributed by atoms with E-state index in [-0.39, 0.29) is 12.0 Å². The first-order chi connectivity index (χ1) is 8.99. The first-order valence-electron chi connectivity index (χ1n) is 6.28. The van der Waals surface area contributed by atoms with E-state index in [1.54, 1.807) is 14.0 Å². The summed E-state index contributed by atoms with van der Waals surface area (Å²) in [6, 6.07) is -0.338.